The third-order valence-corrected chi connectivity index (χ3v) is 4.00. The van der Waals surface area contributed by atoms with Crippen molar-refractivity contribution in [1.29, 1.82) is 0 Å². The molecule has 0 saturated heterocycles. The molecular formula is C17H20O2. The van der Waals surface area contributed by atoms with Crippen LogP contribution in [-0.4, -0.2) is 16.0 Å². The summed E-state index contributed by atoms with van der Waals surface area (Å²) in [6, 6.07) is 19.3. The summed E-state index contributed by atoms with van der Waals surface area (Å²) in [6.45, 7) is 3.66. The third kappa shape index (κ3) is 2.29. The van der Waals surface area contributed by atoms with Gasteiger partial charge in [0.05, 0.1) is 5.41 Å². The molecule has 0 bridgehead atoms. The fourth-order valence-electron chi connectivity index (χ4n) is 2.53. The zero-order valence-electron chi connectivity index (χ0n) is 11.4. The van der Waals surface area contributed by atoms with E-state index in [1.165, 1.54) is 0 Å². The highest BCUT2D eigenvalue weighted by Gasteiger charge is 2.46. The number of aliphatic hydroxyl groups is 2. The second kappa shape index (κ2) is 5.16. The van der Waals surface area contributed by atoms with Crippen molar-refractivity contribution < 1.29 is 10.2 Å². The van der Waals surface area contributed by atoms with Crippen molar-refractivity contribution in [1.82, 2.24) is 0 Å². The predicted molar refractivity (Wildman–Crippen MR) is 76.8 cm³/mol. The quantitative estimate of drug-likeness (QED) is 0.825. The normalized spacial score (nSPS) is 12.4. The molecule has 0 spiro atoms. The molecule has 0 aliphatic carbocycles. The molecular weight excluding hydrogens is 236 g/mol. The first-order valence-corrected chi connectivity index (χ1v) is 6.58. The summed E-state index contributed by atoms with van der Waals surface area (Å²) in [5.74, 6) is -1.80. The van der Waals surface area contributed by atoms with Gasteiger partial charge in [-0.1, -0.05) is 67.6 Å². The van der Waals surface area contributed by atoms with Crippen molar-refractivity contribution in [3.8, 4) is 0 Å². The van der Waals surface area contributed by atoms with Crippen LogP contribution >= 0.6 is 0 Å². The lowest BCUT2D eigenvalue weighted by atomic mass is 9.69. The van der Waals surface area contributed by atoms with Gasteiger partial charge >= 0.3 is 0 Å². The molecule has 0 aliphatic rings. The van der Waals surface area contributed by atoms with Crippen LogP contribution in [0.5, 0.6) is 0 Å². The SMILES string of the molecule is CCC(O)(O)C(C)(c1ccccc1)c1ccccc1. The first-order chi connectivity index (χ1) is 9.02. The Balaban J connectivity index is 2.65. The van der Waals surface area contributed by atoms with Crippen molar-refractivity contribution in [2.24, 2.45) is 0 Å². The lowest BCUT2D eigenvalue weighted by Gasteiger charge is -2.41. The Hall–Kier alpha value is -1.64. The molecule has 100 valence electrons. The Morgan fingerprint density at radius 2 is 1.16 bits per heavy atom. The molecule has 0 heterocycles. The molecule has 2 N–H and O–H groups in total. The zero-order valence-corrected chi connectivity index (χ0v) is 11.4. The molecule has 2 heteroatoms. The van der Waals surface area contributed by atoms with Crippen molar-refractivity contribution in [2.75, 3.05) is 0 Å². The smallest absolute Gasteiger partial charge is 0.176 e. The monoisotopic (exact) mass is 256 g/mol. The van der Waals surface area contributed by atoms with E-state index in [-0.39, 0.29) is 6.42 Å². The zero-order chi connectivity index (χ0) is 13.9. The molecule has 0 unspecified atom stereocenters. The van der Waals surface area contributed by atoms with Crippen LogP contribution in [0.25, 0.3) is 0 Å². The van der Waals surface area contributed by atoms with E-state index in [0.29, 0.717) is 0 Å². The molecule has 0 fully saturated rings. The lowest BCUT2D eigenvalue weighted by Crippen LogP contribution is -2.50. The van der Waals surface area contributed by atoms with E-state index >= 15 is 0 Å². The Morgan fingerprint density at radius 1 is 0.789 bits per heavy atom. The largest absolute Gasteiger partial charge is 0.365 e. The number of rotatable bonds is 4. The average Bonchev–Trinajstić information content (AvgIpc) is 2.48. The standard InChI is InChI=1S/C17H20O2/c1-3-17(18,19)16(2,14-10-6-4-7-11-14)15-12-8-5-9-13-15/h4-13,18-19H,3H2,1-2H3. The Morgan fingerprint density at radius 3 is 1.47 bits per heavy atom. The van der Waals surface area contributed by atoms with Gasteiger partial charge in [-0.25, -0.2) is 0 Å². The summed E-state index contributed by atoms with van der Waals surface area (Å²) >= 11 is 0. The van der Waals surface area contributed by atoms with Gasteiger partial charge < -0.3 is 10.2 Å². The molecule has 0 aliphatic heterocycles. The van der Waals surface area contributed by atoms with E-state index in [4.69, 9.17) is 0 Å². The van der Waals surface area contributed by atoms with Crippen LogP contribution in [-0.2, 0) is 5.41 Å². The van der Waals surface area contributed by atoms with Gasteiger partial charge in [0.15, 0.2) is 5.79 Å². The van der Waals surface area contributed by atoms with Crippen LogP contribution in [0.15, 0.2) is 60.7 Å². The molecule has 0 amide bonds. The van der Waals surface area contributed by atoms with Crippen molar-refractivity contribution in [2.45, 2.75) is 31.5 Å². The topological polar surface area (TPSA) is 40.5 Å². The second-order valence-corrected chi connectivity index (χ2v) is 5.03. The maximum Gasteiger partial charge on any atom is 0.176 e. The van der Waals surface area contributed by atoms with Gasteiger partial charge in [0.1, 0.15) is 0 Å². The van der Waals surface area contributed by atoms with Gasteiger partial charge in [-0.05, 0) is 24.5 Å². The van der Waals surface area contributed by atoms with Crippen LogP contribution < -0.4 is 0 Å². The van der Waals surface area contributed by atoms with Gasteiger partial charge in [-0.3, -0.25) is 0 Å². The molecule has 2 aromatic rings. The Bertz CT molecular complexity index is 478. The summed E-state index contributed by atoms with van der Waals surface area (Å²) < 4.78 is 0. The molecule has 0 saturated carbocycles. The lowest BCUT2D eigenvalue weighted by molar-refractivity contribution is -0.200. The summed E-state index contributed by atoms with van der Waals surface area (Å²) in [5.41, 5.74) is 0.936. The molecule has 19 heavy (non-hydrogen) atoms. The Labute approximate surface area is 114 Å². The minimum atomic E-state index is -1.80. The van der Waals surface area contributed by atoms with E-state index in [1.807, 2.05) is 67.6 Å². The highest BCUT2D eigenvalue weighted by Crippen LogP contribution is 2.41. The van der Waals surface area contributed by atoms with Crippen LogP contribution in [0.4, 0.5) is 0 Å². The van der Waals surface area contributed by atoms with Crippen molar-refractivity contribution in [3.05, 3.63) is 71.8 Å². The van der Waals surface area contributed by atoms with Crippen LogP contribution in [0, 0.1) is 0 Å². The van der Waals surface area contributed by atoms with Crippen LogP contribution in [0.3, 0.4) is 0 Å². The second-order valence-electron chi connectivity index (χ2n) is 5.03. The van der Waals surface area contributed by atoms with Crippen LogP contribution in [0.2, 0.25) is 0 Å². The van der Waals surface area contributed by atoms with Gasteiger partial charge in [0.2, 0.25) is 0 Å². The number of hydrogen-bond donors (Lipinski definition) is 2. The molecule has 0 atom stereocenters. The number of benzene rings is 2. The maximum atomic E-state index is 10.5. The minimum Gasteiger partial charge on any atom is -0.365 e. The molecule has 2 rings (SSSR count). The molecule has 2 aromatic carbocycles. The summed E-state index contributed by atoms with van der Waals surface area (Å²) in [5, 5.41) is 21.0. The Kier molecular flexibility index (Phi) is 3.74. The van der Waals surface area contributed by atoms with Gasteiger partial charge in [-0.2, -0.15) is 0 Å². The first kappa shape index (κ1) is 13.8. The number of hydrogen-bond acceptors (Lipinski definition) is 2. The van der Waals surface area contributed by atoms with Crippen LogP contribution in [0.1, 0.15) is 31.4 Å². The summed E-state index contributed by atoms with van der Waals surface area (Å²) in [6.07, 6.45) is 0.257. The molecule has 2 nitrogen and oxygen atoms in total. The highest BCUT2D eigenvalue weighted by atomic mass is 16.5. The fourth-order valence-corrected chi connectivity index (χ4v) is 2.53. The predicted octanol–water partition coefficient (Wildman–Crippen LogP) is 3.08. The summed E-state index contributed by atoms with van der Waals surface area (Å²) in [4.78, 5) is 0. The highest BCUT2D eigenvalue weighted by molar-refractivity contribution is 5.41. The van der Waals surface area contributed by atoms with E-state index in [1.54, 1.807) is 6.92 Å². The van der Waals surface area contributed by atoms with Crippen molar-refractivity contribution in [3.63, 3.8) is 0 Å². The maximum absolute atomic E-state index is 10.5. The fraction of sp³-hybridized carbons (Fsp3) is 0.294. The van der Waals surface area contributed by atoms with Gasteiger partial charge in [0.25, 0.3) is 0 Å². The van der Waals surface area contributed by atoms with E-state index in [9.17, 15) is 10.2 Å². The average molecular weight is 256 g/mol. The first-order valence-electron chi connectivity index (χ1n) is 6.58. The van der Waals surface area contributed by atoms with Gasteiger partial charge in [-0.15, -0.1) is 0 Å². The van der Waals surface area contributed by atoms with E-state index < -0.39 is 11.2 Å². The van der Waals surface area contributed by atoms with E-state index in [2.05, 4.69) is 0 Å². The minimum absolute atomic E-state index is 0.257. The van der Waals surface area contributed by atoms with Gasteiger partial charge in [0, 0.05) is 0 Å². The van der Waals surface area contributed by atoms with Crippen molar-refractivity contribution >= 4 is 0 Å². The summed E-state index contributed by atoms with van der Waals surface area (Å²) in [7, 11) is 0. The van der Waals surface area contributed by atoms with E-state index in [0.717, 1.165) is 11.1 Å². The third-order valence-electron chi connectivity index (χ3n) is 4.00. The molecule has 0 radical (unpaired) electrons. The molecule has 0 aromatic heterocycles.